The molecule has 1 amide bonds. The number of benzene rings is 1. The number of nitrogens with one attached hydrogen (secondary N) is 1. The van der Waals surface area contributed by atoms with Crippen LogP contribution in [0.3, 0.4) is 0 Å². The van der Waals surface area contributed by atoms with Crippen molar-refractivity contribution in [3.8, 4) is 0 Å². The third kappa shape index (κ3) is 2.29. The van der Waals surface area contributed by atoms with Crippen molar-refractivity contribution in [2.75, 3.05) is 5.32 Å². The molecule has 0 aliphatic rings. The van der Waals surface area contributed by atoms with Crippen molar-refractivity contribution in [2.24, 2.45) is 0 Å². The van der Waals surface area contributed by atoms with E-state index in [4.69, 9.17) is 11.6 Å². The van der Waals surface area contributed by atoms with Crippen LogP contribution in [0, 0.1) is 13.8 Å². The molecule has 0 radical (unpaired) electrons. The van der Waals surface area contributed by atoms with Crippen molar-refractivity contribution in [3.63, 3.8) is 0 Å². The summed E-state index contributed by atoms with van der Waals surface area (Å²) in [5, 5.41) is 10.4. The summed E-state index contributed by atoms with van der Waals surface area (Å²) in [7, 11) is 0. The number of rotatable bonds is 2. The third-order valence-electron chi connectivity index (χ3n) is 2.38. The first-order chi connectivity index (χ1) is 8.09. The van der Waals surface area contributed by atoms with Gasteiger partial charge in [0, 0.05) is 10.7 Å². The molecule has 0 saturated heterocycles. The predicted molar refractivity (Wildman–Crippen MR) is 63.2 cm³/mol. The zero-order valence-corrected chi connectivity index (χ0v) is 10.1. The van der Waals surface area contributed by atoms with Gasteiger partial charge in [0.15, 0.2) is 5.69 Å². The molecule has 2 rings (SSSR count). The molecule has 0 bridgehead atoms. The second-order valence-corrected chi connectivity index (χ2v) is 3.97. The van der Waals surface area contributed by atoms with Crippen LogP contribution in [0.1, 0.15) is 21.7 Å². The van der Waals surface area contributed by atoms with E-state index in [0.29, 0.717) is 16.4 Å². The van der Waals surface area contributed by atoms with Crippen LogP contribution >= 0.6 is 11.6 Å². The number of aryl methyl sites for hydroxylation is 1. The summed E-state index contributed by atoms with van der Waals surface area (Å²) in [6.07, 6.45) is 0. The lowest BCUT2D eigenvalue weighted by Crippen LogP contribution is -2.14. The molecule has 88 valence electrons. The molecule has 1 heterocycles. The highest BCUT2D eigenvalue weighted by atomic mass is 35.5. The smallest absolute Gasteiger partial charge is 0.279 e. The number of hydrogen-bond donors (Lipinski definition) is 1. The maximum absolute atomic E-state index is 11.8. The maximum Gasteiger partial charge on any atom is 0.279 e. The van der Waals surface area contributed by atoms with Gasteiger partial charge in [-0.25, -0.2) is 4.63 Å². The summed E-state index contributed by atoms with van der Waals surface area (Å²) in [5.41, 5.74) is 2.06. The fourth-order valence-electron chi connectivity index (χ4n) is 1.36. The highest BCUT2D eigenvalue weighted by Crippen LogP contribution is 2.23. The van der Waals surface area contributed by atoms with Crippen molar-refractivity contribution in [2.45, 2.75) is 13.8 Å². The van der Waals surface area contributed by atoms with E-state index in [0.717, 1.165) is 5.56 Å². The van der Waals surface area contributed by atoms with Gasteiger partial charge in [-0.2, -0.15) is 0 Å². The van der Waals surface area contributed by atoms with Crippen LogP contribution in [-0.4, -0.2) is 16.2 Å². The standard InChI is InChI=1S/C11H10ClN3O2/c1-6-8(12)4-3-5-9(6)13-11(16)10-7(2)14-17-15-10/h3-5H,1-2H3,(H,13,16). The fourth-order valence-corrected chi connectivity index (χ4v) is 1.54. The van der Waals surface area contributed by atoms with Crippen molar-refractivity contribution in [1.29, 1.82) is 0 Å². The average molecular weight is 252 g/mol. The van der Waals surface area contributed by atoms with E-state index in [2.05, 4.69) is 20.3 Å². The van der Waals surface area contributed by atoms with Crippen LogP contribution in [0.2, 0.25) is 5.02 Å². The Morgan fingerprint density at radius 2 is 2.12 bits per heavy atom. The highest BCUT2D eigenvalue weighted by molar-refractivity contribution is 6.31. The zero-order chi connectivity index (χ0) is 12.4. The van der Waals surface area contributed by atoms with Gasteiger partial charge in [0.25, 0.3) is 5.91 Å². The van der Waals surface area contributed by atoms with E-state index in [1.54, 1.807) is 25.1 Å². The summed E-state index contributed by atoms with van der Waals surface area (Å²) < 4.78 is 4.47. The number of amides is 1. The van der Waals surface area contributed by atoms with Gasteiger partial charge in [0.05, 0.1) is 0 Å². The van der Waals surface area contributed by atoms with Crippen LogP contribution in [0.5, 0.6) is 0 Å². The molecule has 1 aromatic carbocycles. The SMILES string of the molecule is Cc1nonc1C(=O)Nc1cccc(Cl)c1C. The van der Waals surface area contributed by atoms with E-state index in [9.17, 15) is 4.79 Å². The van der Waals surface area contributed by atoms with E-state index >= 15 is 0 Å². The summed E-state index contributed by atoms with van der Waals surface area (Å²) in [5.74, 6) is -0.367. The largest absolute Gasteiger partial charge is 0.320 e. The van der Waals surface area contributed by atoms with Crippen LogP contribution < -0.4 is 5.32 Å². The van der Waals surface area contributed by atoms with E-state index in [1.165, 1.54) is 0 Å². The van der Waals surface area contributed by atoms with Crippen molar-refractivity contribution in [3.05, 3.63) is 40.2 Å². The highest BCUT2D eigenvalue weighted by Gasteiger charge is 2.16. The number of aromatic nitrogens is 2. The molecule has 17 heavy (non-hydrogen) atoms. The number of hydrogen-bond acceptors (Lipinski definition) is 4. The topological polar surface area (TPSA) is 68.0 Å². The van der Waals surface area contributed by atoms with Gasteiger partial charge in [0.2, 0.25) is 0 Å². The maximum atomic E-state index is 11.8. The second kappa shape index (κ2) is 4.55. The summed E-state index contributed by atoms with van der Waals surface area (Å²) >= 11 is 5.96. The fraction of sp³-hybridized carbons (Fsp3) is 0.182. The Kier molecular flexibility index (Phi) is 3.10. The Hall–Kier alpha value is -1.88. The average Bonchev–Trinajstić information content (AvgIpc) is 2.71. The molecule has 0 spiro atoms. The van der Waals surface area contributed by atoms with Gasteiger partial charge >= 0.3 is 0 Å². The lowest BCUT2D eigenvalue weighted by atomic mass is 10.2. The van der Waals surface area contributed by atoms with Crippen LogP contribution in [0.25, 0.3) is 0 Å². The predicted octanol–water partition coefficient (Wildman–Crippen LogP) is 2.59. The molecule has 2 aromatic rings. The molecule has 0 aliphatic carbocycles. The van der Waals surface area contributed by atoms with Gasteiger partial charge < -0.3 is 5.32 Å². The molecule has 1 N–H and O–H groups in total. The molecule has 0 unspecified atom stereocenters. The van der Waals surface area contributed by atoms with E-state index in [1.807, 2.05) is 6.92 Å². The first-order valence-corrected chi connectivity index (χ1v) is 5.33. The number of nitrogens with zero attached hydrogens (tertiary/aromatic N) is 2. The molecular formula is C11H10ClN3O2. The quantitative estimate of drug-likeness (QED) is 0.891. The van der Waals surface area contributed by atoms with Crippen molar-refractivity contribution < 1.29 is 9.42 Å². The number of anilines is 1. The molecular weight excluding hydrogens is 242 g/mol. The number of carbonyl (C=O) groups is 1. The summed E-state index contributed by atoms with van der Waals surface area (Å²) in [6, 6.07) is 5.29. The number of halogens is 1. The van der Waals surface area contributed by atoms with E-state index < -0.39 is 0 Å². The van der Waals surface area contributed by atoms with Gasteiger partial charge in [-0.15, -0.1) is 0 Å². The monoisotopic (exact) mass is 251 g/mol. The molecule has 0 fully saturated rings. The Morgan fingerprint density at radius 3 is 2.76 bits per heavy atom. The lowest BCUT2D eigenvalue weighted by molar-refractivity contribution is 0.101. The normalized spacial score (nSPS) is 10.3. The van der Waals surface area contributed by atoms with Gasteiger partial charge in [-0.3, -0.25) is 4.79 Å². The molecule has 6 heteroatoms. The number of carbonyl (C=O) groups excluding carboxylic acids is 1. The molecule has 1 aromatic heterocycles. The molecule has 0 atom stereocenters. The third-order valence-corrected chi connectivity index (χ3v) is 2.79. The molecule has 0 aliphatic heterocycles. The van der Waals surface area contributed by atoms with Crippen molar-refractivity contribution >= 4 is 23.2 Å². The van der Waals surface area contributed by atoms with E-state index in [-0.39, 0.29) is 11.6 Å². The Balaban J connectivity index is 2.25. The van der Waals surface area contributed by atoms with Gasteiger partial charge in [0.1, 0.15) is 5.69 Å². The van der Waals surface area contributed by atoms with Crippen LogP contribution in [0.15, 0.2) is 22.8 Å². The summed E-state index contributed by atoms with van der Waals surface area (Å²) in [4.78, 5) is 11.8. The van der Waals surface area contributed by atoms with Gasteiger partial charge in [-0.1, -0.05) is 22.8 Å². The van der Waals surface area contributed by atoms with Crippen molar-refractivity contribution in [1.82, 2.24) is 10.3 Å². The zero-order valence-electron chi connectivity index (χ0n) is 9.32. The minimum atomic E-state index is -0.367. The lowest BCUT2D eigenvalue weighted by Gasteiger charge is -2.07. The Bertz CT molecular complexity index is 566. The summed E-state index contributed by atoms with van der Waals surface area (Å²) in [6.45, 7) is 3.47. The minimum Gasteiger partial charge on any atom is -0.320 e. The first-order valence-electron chi connectivity index (χ1n) is 4.95. The molecule has 5 nitrogen and oxygen atoms in total. The first kappa shape index (κ1) is 11.6. The van der Waals surface area contributed by atoms with Crippen LogP contribution in [-0.2, 0) is 0 Å². The second-order valence-electron chi connectivity index (χ2n) is 3.56. The Labute approximate surface area is 103 Å². The Morgan fingerprint density at radius 1 is 1.35 bits per heavy atom. The minimum absolute atomic E-state index is 0.171. The molecule has 0 saturated carbocycles. The van der Waals surface area contributed by atoms with Crippen LogP contribution in [0.4, 0.5) is 5.69 Å². The van der Waals surface area contributed by atoms with Gasteiger partial charge in [-0.05, 0) is 36.7 Å².